The summed E-state index contributed by atoms with van der Waals surface area (Å²) < 4.78 is 50.8. The number of halogens is 4. The van der Waals surface area contributed by atoms with Crippen molar-refractivity contribution in [1.29, 1.82) is 0 Å². The van der Waals surface area contributed by atoms with E-state index in [1.807, 2.05) is 18.2 Å². The predicted molar refractivity (Wildman–Crippen MR) is 107 cm³/mol. The molecule has 0 aromatic heterocycles. The third-order valence-electron chi connectivity index (χ3n) is 4.60. The first-order valence-corrected chi connectivity index (χ1v) is 10.1. The number of hydrogen-bond acceptors (Lipinski definition) is 4. The van der Waals surface area contributed by atoms with Crippen LogP contribution in [0.5, 0.6) is 5.75 Å². The highest BCUT2D eigenvalue weighted by molar-refractivity contribution is 7.99. The van der Waals surface area contributed by atoms with Gasteiger partial charge in [-0.1, -0.05) is 11.8 Å². The van der Waals surface area contributed by atoms with Gasteiger partial charge >= 0.3 is 12.1 Å². The maximum absolute atomic E-state index is 13.8. The van der Waals surface area contributed by atoms with Crippen LogP contribution in [0.15, 0.2) is 46.2 Å². The zero-order chi connectivity index (χ0) is 22.3. The number of nitrogens with one attached hydrogen (secondary N) is 1. The molecule has 0 saturated carbocycles. The molecule has 164 valence electrons. The molecular weight excluding hydrogens is 422 g/mol. The first-order chi connectivity index (χ1) is 14.1. The summed E-state index contributed by atoms with van der Waals surface area (Å²) in [5.74, 6) is -1.60. The lowest BCUT2D eigenvalue weighted by molar-refractivity contribution is -0.192. The molecule has 3 rings (SSSR count). The van der Waals surface area contributed by atoms with Crippen LogP contribution in [0.2, 0.25) is 0 Å². The van der Waals surface area contributed by atoms with Crippen LogP contribution in [0.4, 0.5) is 17.6 Å². The molecule has 9 heteroatoms. The molecule has 0 amide bonds. The van der Waals surface area contributed by atoms with E-state index < -0.39 is 12.1 Å². The Balaban J connectivity index is 0.000000396. The maximum atomic E-state index is 13.8. The van der Waals surface area contributed by atoms with E-state index in [4.69, 9.17) is 14.6 Å². The van der Waals surface area contributed by atoms with Gasteiger partial charge < -0.3 is 15.2 Å². The van der Waals surface area contributed by atoms with Crippen molar-refractivity contribution in [2.75, 3.05) is 20.2 Å². The second-order valence-corrected chi connectivity index (χ2v) is 7.83. The summed E-state index contributed by atoms with van der Waals surface area (Å²) >= 11 is 1.72. The van der Waals surface area contributed by atoms with Crippen LogP contribution in [-0.2, 0) is 4.79 Å². The molecule has 1 aliphatic heterocycles. The van der Waals surface area contributed by atoms with Crippen LogP contribution >= 0.6 is 11.8 Å². The summed E-state index contributed by atoms with van der Waals surface area (Å²) in [6.07, 6.45) is -2.95. The summed E-state index contributed by atoms with van der Waals surface area (Å²) in [4.78, 5) is 11.2. The number of aliphatic carboxylic acids is 1. The molecule has 0 unspecified atom stereocenters. The Hall–Kier alpha value is -2.26. The number of hydrogen-bond donors (Lipinski definition) is 2. The number of rotatable bonds is 4. The fourth-order valence-electron chi connectivity index (χ4n) is 3.05. The molecule has 2 N–H and O–H groups in total. The van der Waals surface area contributed by atoms with Gasteiger partial charge in [0.15, 0.2) is 0 Å². The zero-order valence-electron chi connectivity index (χ0n) is 16.6. The number of aryl methyl sites for hydroxylation is 1. The molecule has 2 aromatic rings. The van der Waals surface area contributed by atoms with Gasteiger partial charge in [-0.05, 0) is 86.3 Å². The third-order valence-corrected chi connectivity index (χ3v) is 5.86. The fourth-order valence-corrected chi connectivity index (χ4v) is 4.12. The van der Waals surface area contributed by atoms with E-state index in [2.05, 4.69) is 18.3 Å². The Morgan fingerprint density at radius 1 is 1.13 bits per heavy atom. The van der Waals surface area contributed by atoms with Gasteiger partial charge in [-0.2, -0.15) is 13.2 Å². The van der Waals surface area contributed by atoms with Gasteiger partial charge in [-0.3, -0.25) is 0 Å². The van der Waals surface area contributed by atoms with E-state index >= 15 is 0 Å². The minimum Gasteiger partial charge on any atom is -0.497 e. The van der Waals surface area contributed by atoms with Gasteiger partial charge in [0.2, 0.25) is 0 Å². The number of alkyl halides is 3. The number of carboxylic acid groups (broad SMARTS) is 1. The molecule has 1 saturated heterocycles. The Labute approximate surface area is 176 Å². The fraction of sp³-hybridized carbons (Fsp3) is 0.381. The molecule has 0 atom stereocenters. The number of benzene rings is 2. The van der Waals surface area contributed by atoms with Crippen molar-refractivity contribution in [3.8, 4) is 5.75 Å². The summed E-state index contributed by atoms with van der Waals surface area (Å²) in [5, 5.41) is 10.5. The first-order valence-electron chi connectivity index (χ1n) is 9.24. The number of ether oxygens (including phenoxy) is 1. The molecule has 2 aromatic carbocycles. The van der Waals surface area contributed by atoms with Crippen molar-refractivity contribution >= 4 is 17.7 Å². The van der Waals surface area contributed by atoms with Gasteiger partial charge in [0.25, 0.3) is 0 Å². The van der Waals surface area contributed by atoms with Crippen LogP contribution in [0, 0.1) is 12.7 Å². The van der Waals surface area contributed by atoms with Gasteiger partial charge in [0.1, 0.15) is 11.6 Å². The highest BCUT2D eigenvalue weighted by atomic mass is 32.2. The van der Waals surface area contributed by atoms with Crippen LogP contribution < -0.4 is 10.1 Å². The molecule has 0 aliphatic carbocycles. The summed E-state index contributed by atoms with van der Waals surface area (Å²) in [6, 6.07) is 11.3. The van der Waals surface area contributed by atoms with Gasteiger partial charge in [-0.25, -0.2) is 9.18 Å². The molecule has 0 radical (unpaired) electrons. The van der Waals surface area contributed by atoms with Crippen LogP contribution in [0.1, 0.15) is 29.9 Å². The summed E-state index contributed by atoms with van der Waals surface area (Å²) in [7, 11) is 1.68. The lowest BCUT2D eigenvalue weighted by Crippen LogP contribution is -2.26. The van der Waals surface area contributed by atoms with Gasteiger partial charge in [0, 0.05) is 9.79 Å². The molecule has 1 aliphatic rings. The molecule has 30 heavy (non-hydrogen) atoms. The second-order valence-electron chi connectivity index (χ2n) is 6.74. The molecule has 1 heterocycles. The largest absolute Gasteiger partial charge is 0.497 e. The van der Waals surface area contributed by atoms with Crippen molar-refractivity contribution in [1.82, 2.24) is 5.32 Å². The lowest BCUT2D eigenvalue weighted by Gasteiger charge is -2.25. The summed E-state index contributed by atoms with van der Waals surface area (Å²) in [6.45, 7) is 4.10. The van der Waals surface area contributed by atoms with Gasteiger partial charge in [0.05, 0.1) is 7.11 Å². The number of carboxylic acids is 1. The van der Waals surface area contributed by atoms with Crippen LogP contribution in [-0.4, -0.2) is 37.5 Å². The van der Waals surface area contributed by atoms with Crippen molar-refractivity contribution in [2.45, 2.75) is 41.7 Å². The average Bonchev–Trinajstić information content (AvgIpc) is 2.71. The Bertz CT molecular complexity index is 868. The van der Waals surface area contributed by atoms with Crippen molar-refractivity contribution in [2.24, 2.45) is 0 Å². The average molecular weight is 445 g/mol. The monoisotopic (exact) mass is 445 g/mol. The Morgan fingerprint density at radius 3 is 2.27 bits per heavy atom. The number of carbonyl (C=O) groups is 1. The smallest absolute Gasteiger partial charge is 0.490 e. The highest BCUT2D eigenvalue weighted by Gasteiger charge is 2.38. The van der Waals surface area contributed by atoms with Crippen LogP contribution in [0.25, 0.3) is 0 Å². The predicted octanol–water partition coefficient (Wildman–Crippen LogP) is 5.39. The minimum absolute atomic E-state index is 0.144. The van der Waals surface area contributed by atoms with E-state index in [1.165, 1.54) is 10.5 Å². The van der Waals surface area contributed by atoms with E-state index in [0.717, 1.165) is 42.1 Å². The standard InChI is InChI=1S/C19H22FNOS.C2HF3O2/c1-13-11-16(22-2)4-6-18(13)23-19-5-3-15(20)12-17(19)14-7-9-21-10-8-14;3-2(4,5)1(6)7/h3-6,11-12,14,21H,7-10H2,1-2H3;(H,6,7). The van der Waals surface area contributed by atoms with Crippen molar-refractivity contribution < 1.29 is 32.2 Å². The lowest BCUT2D eigenvalue weighted by atomic mass is 9.90. The van der Waals surface area contributed by atoms with Gasteiger partial charge in [-0.15, -0.1) is 0 Å². The molecule has 0 spiro atoms. The SMILES string of the molecule is COc1ccc(Sc2ccc(F)cc2C2CCNCC2)c(C)c1.O=C(O)C(F)(F)F. The molecule has 1 fully saturated rings. The normalized spacial score (nSPS) is 14.6. The van der Waals surface area contributed by atoms with Crippen LogP contribution in [0.3, 0.4) is 0 Å². The Morgan fingerprint density at radius 2 is 1.73 bits per heavy atom. The molecular formula is C21H23F4NO3S. The van der Waals surface area contributed by atoms with Crippen molar-refractivity contribution in [3.63, 3.8) is 0 Å². The third kappa shape index (κ3) is 6.91. The molecule has 0 bridgehead atoms. The van der Waals surface area contributed by atoms with E-state index in [0.29, 0.717) is 5.92 Å². The van der Waals surface area contributed by atoms with Crippen molar-refractivity contribution in [3.05, 3.63) is 53.3 Å². The number of methoxy groups -OCH3 is 1. The van der Waals surface area contributed by atoms with E-state index in [-0.39, 0.29) is 5.82 Å². The highest BCUT2D eigenvalue weighted by Crippen LogP contribution is 2.39. The summed E-state index contributed by atoms with van der Waals surface area (Å²) in [5.41, 5.74) is 2.32. The minimum atomic E-state index is -5.08. The number of piperidine rings is 1. The topological polar surface area (TPSA) is 58.6 Å². The second kappa shape index (κ2) is 10.7. The van der Waals surface area contributed by atoms with E-state index in [1.54, 1.807) is 31.0 Å². The first kappa shape index (κ1) is 24.0. The zero-order valence-corrected chi connectivity index (χ0v) is 17.4. The Kier molecular flexibility index (Phi) is 8.54. The van der Waals surface area contributed by atoms with E-state index in [9.17, 15) is 17.6 Å². The maximum Gasteiger partial charge on any atom is 0.490 e. The quantitative estimate of drug-likeness (QED) is 0.618. The molecule has 4 nitrogen and oxygen atoms in total.